The van der Waals surface area contributed by atoms with Crippen LogP contribution in [0.15, 0.2) is 18.2 Å². The van der Waals surface area contributed by atoms with E-state index in [4.69, 9.17) is 9.47 Å². The minimum atomic E-state index is -0.135. The lowest BCUT2D eigenvalue weighted by molar-refractivity contribution is 0.102. The summed E-state index contributed by atoms with van der Waals surface area (Å²) in [4.78, 5) is 14.0. The van der Waals surface area contributed by atoms with Gasteiger partial charge in [-0.05, 0) is 55.9 Å². The third-order valence-electron chi connectivity index (χ3n) is 4.30. The molecule has 1 N–H and O–H groups in total. The summed E-state index contributed by atoms with van der Waals surface area (Å²) in [6, 6.07) is 5.40. The molecule has 0 saturated heterocycles. The van der Waals surface area contributed by atoms with E-state index in [0.717, 1.165) is 17.8 Å². The second-order valence-electron chi connectivity index (χ2n) is 5.66. The number of aryl methyl sites for hydroxylation is 1. The zero-order chi connectivity index (χ0) is 15.1. The van der Waals surface area contributed by atoms with Gasteiger partial charge in [0.15, 0.2) is 11.5 Å². The van der Waals surface area contributed by atoms with Crippen LogP contribution >= 0.6 is 11.3 Å². The second-order valence-corrected chi connectivity index (χ2v) is 6.76. The Hall–Kier alpha value is -2.01. The van der Waals surface area contributed by atoms with Crippen molar-refractivity contribution < 1.29 is 14.3 Å². The summed E-state index contributed by atoms with van der Waals surface area (Å²) in [5, 5.41) is 4.02. The highest BCUT2D eigenvalue weighted by Gasteiger charge is 2.24. The van der Waals surface area contributed by atoms with E-state index in [2.05, 4.69) is 12.2 Å². The van der Waals surface area contributed by atoms with Crippen molar-refractivity contribution in [3.63, 3.8) is 0 Å². The first-order valence-electron chi connectivity index (χ1n) is 7.55. The number of hydrogen-bond donors (Lipinski definition) is 1. The van der Waals surface area contributed by atoms with E-state index < -0.39 is 0 Å². The second kappa shape index (κ2) is 5.32. The van der Waals surface area contributed by atoms with Gasteiger partial charge in [0.1, 0.15) is 0 Å². The van der Waals surface area contributed by atoms with Gasteiger partial charge in [-0.2, -0.15) is 0 Å². The van der Waals surface area contributed by atoms with E-state index in [1.54, 1.807) is 17.4 Å². The monoisotopic (exact) mass is 315 g/mol. The normalized spacial score (nSPS) is 15.5. The number of amides is 1. The van der Waals surface area contributed by atoms with Gasteiger partial charge in [-0.1, -0.05) is 6.07 Å². The highest BCUT2D eigenvalue weighted by atomic mass is 32.1. The molecule has 2 aliphatic rings. The van der Waals surface area contributed by atoms with Gasteiger partial charge in [0, 0.05) is 4.88 Å². The molecule has 0 unspecified atom stereocenters. The number of hydrogen-bond acceptors (Lipinski definition) is 4. The molecule has 1 aromatic heterocycles. The zero-order valence-electron chi connectivity index (χ0n) is 12.4. The minimum absolute atomic E-state index is 0.135. The Kier molecular flexibility index (Phi) is 3.30. The molecule has 114 valence electrons. The number of thiophene rings is 1. The quantitative estimate of drug-likeness (QED) is 0.914. The van der Waals surface area contributed by atoms with Crippen molar-refractivity contribution >= 4 is 22.2 Å². The molecule has 0 bridgehead atoms. The van der Waals surface area contributed by atoms with Crippen molar-refractivity contribution in [1.29, 1.82) is 0 Å². The predicted octanol–water partition coefficient (Wildman–Crippen LogP) is 3.92. The number of carbonyl (C=O) groups excluding carboxylic acids is 1. The van der Waals surface area contributed by atoms with Crippen molar-refractivity contribution in [2.24, 2.45) is 0 Å². The van der Waals surface area contributed by atoms with Crippen LogP contribution in [0.1, 0.15) is 39.2 Å². The van der Waals surface area contributed by atoms with E-state index >= 15 is 0 Å². The van der Waals surface area contributed by atoms with Crippen LogP contribution in [0.5, 0.6) is 11.5 Å². The van der Waals surface area contributed by atoms with Crippen LogP contribution in [0.2, 0.25) is 0 Å². The maximum Gasteiger partial charge on any atom is 0.260 e. The van der Waals surface area contributed by atoms with E-state index in [1.165, 1.54) is 28.8 Å². The molecule has 2 aromatic rings. The maximum atomic E-state index is 12.6. The van der Waals surface area contributed by atoms with Crippen molar-refractivity contribution in [2.45, 2.75) is 32.6 Å². The smallest absolute Gasteiger partial charge is 0.260 e. The average Bonchev–Trinajstić information content (AvgIpc) is 3.13. The van der Waals surface area contributed by atoms with Gasteiger partial charge in [0.05, 0.1) is 10.6 Å². The van der Waals surface area contributed by atoms with Crippen LogP contribution in [0, 0.1) is 6.92 Å². The summed E-state index contributed by atoms with van der Waals surface area (Å²) in [7, 11) is 0. The van der Waals surface area contributed by atoms with Gasteiger partial charge in [0.25, 0.3) is 5.91 Å². The van der Waals surface area contributed by atoms with Crippen LogP contribution in [0.3, 0.4) is 0 Å². The Morgan fingerprint density at radius 3 is 2.95 bits per heavy atom. The summed E-state index contributed by atoms with van der Waals surface area (Å²) in [6.45, 7) is 2.28. The van der Waals surface area contributed by atoms with Gasteiger partial charge in [0.2, 0.25) is 6.79 Å². The highest BCUT2D eigenvalue weighted by molar-refractivity contribution is 7.16. The SMILES string of the molecule is Cc1c(NC(=O)c2cccc3c2OCO3)sc2c1CCCC2. The Morgan fingerprint density at radius 2 is 2.09 bits per heavy atom. The molecule has 1 aliphatic carbocycles. The summed E-state index contributed by atoms with van der Waals surface area (Å²) >= 11 is 1.71. The maximum absolute atomic E-state index is 12.6. The van der Waals surface area contributed by atoms with E-state index in [9.17, 15) is 4.79 Å². The molecular weight excluding hydrogens is 298 g/mol. The summed E-state index contributed by atoms with van der Waals surface area (Å²) < 4.78 is 10.8. The van der Waals surface area contributed by atoms with Crippen LogP contribution in [0.4, 0.5) is 5.00 Å². The van der Waals surface area contributed by atoms with Crippen LogP contribution in [-0.2, 0) is 12.8 Å². The van der Waals surface area contributed by atoms with Crippen molar-refractivity contribution in [3.8, 4) is 11.5 Å². The van der Waals surface area contributed by atoms with Gasteiger partial charge in [-0.15, -0.1) is 11.3 Å². The molecule has 22 heavy (non-hydrogen) atoms. The minimum Gasteiger partial charge on any atom is -0.454 e. The van der Waals surface area contributed by atoms with Gasteiger partial charge < -0.3 is 14.8 Å². The molecule has 1 aromatic carbocycles. The van der Waals surface area contributed by atoms with Gasteiger partial charge in [-0.3, -0.25) is 4.79 Å². The summed E-state index contributed by atoms with van der Waals surface area (Å²) in [5.41, 5.74) is 3.18. The zero-order valence-corrected chi connectivity index (χ0v) is 13.2. The van der Waals surface area contributed by atoms with Crippen molar-refractivity contribution in [3.05, 3.63) is 39.8 Å². The number of anilines is 1. The standard InChI is InChI=1S/C17H17NO3S/c1-10-11-5-2-3-8-14(11)22-17(10)18-16(19)12-6-4-7-13-15(12)21-9-20-13/h4,6-7H,2-3,5,8-9H2,1H3,(H,18,19). The third kappa shape index (κ3) is 2.16. The third-order valence-corrected chi connectivity index (χ3v) is 5.61. The largest absolute Gasteiger partial charge is 0.454 e. The molecule has 0 atom stereocenters. The number of rotatable bonds is 2. The number of carbonyl (C=O) groups is 1. The van der Waals surface area contributed by atoms with Gasteiger partial charge in [-0.25, -0.2) is 0 Å². The molecule has 0 spiro atoms. The lowest BCUT2D eigenvalue weighted by Gasteiger charge is -2.10. The number of fused-ring (bicyclic) bond motifs is 2. The van der Waals surface area contributed by atoms with Crippen molar-refractivity contribution in [1.82, 2.24) is 0 Å². The van der Waals surface area contributed by atoms with Crippen LogP contribution in [0.25, 0.3) is 0 Å². The highest BCUT2D eigenvalue weighted by Crippen LogP contribution is 2.39. The molecule has 1 aliphatic heterocycles. The lowest BCUT2D eigenvalue weighted by atomic mass is 9.96. The number of para-hydroxylation sites is 1. The predicted molar refractivity (Wildman–Crippen MR) is 86.2 cm³/mol. The first kappa shape index (κ1) is 13.6. The first-order chi connectivity index (χ1) is 10.7. The molecule has 0 radical (unpaired) electrons. The van der Waals surface area contributed by atoms with E-state index in [0.29, 0.717) is 17.1 Å². The molecule has 5 heteroatoms. The Bertz CT molecular complexity index is 751. The number of ether oxygens (including phenoxy) is 2. The number of nitrogens with one attached hydrogen (secondary N) is 1. The molecular formula is C17H17NO3S. The van der Waals surface area contributed by atoms with Crippen molar-refractivity contribution in [2.75, 3.05) is 12.1 Å². The van der Waals surface area contributed by atoms with Crippen LogP contribution in [-0.4, -0.2) is 12.7 Å². The Labute approximate surface area is 133 Å². The summed E-state index contributed by atoms with van der Waals surface area (Å²) in [5.74, 6) is 1.04. The lowest BCUT2D eigenvalue weighted by Crippen LogP contribution is -2.12. The number of benzene rings is 1. The van der Waals surface area contributed by atoms with E-state index in [1.807, 2.05) is 12.1 Å². The fraction of sp³-hybridized carbons (Fsp3) is 0.353. The molecule has 0 saturated carbocycles. The van der Waals surface area contributed by atoms with Gasteiger partial charge >= 0.3 is 0 Å². The summed E-state index contributed by atoms with van der Waals surface area (Å²) in [6.07, 6.45) is 4.76. The topological polar surface area (TPSA) is 47.6 Å². The molecule has 1 amide bonds. The Morgan fingerprint density at radius 1 is 1.23 bits per heavy atom. The Balaban J connectivity index is 1.63. The van der Waals surface area contributed by atoms with Crippen LogP contribution < -0.4 is 14.8 Å². The van der Waals surface area contributed by atoms with E-state index in [-0.39, 0.29) is 12.7 Å². The fourth-order valence-corrected chi connectivity index (χ4v) is 4.41. The molecule has 4 nitrogen and oxygen atoms in total. The average molecular weight is 315 g/mol. The first-order valence-corrected chi connectivity index (χ1v) is 8.37. The fourth-order valence-electron chi connectivity index (χ4n) is 3.12. The molecule has 2 heterocycles. The molecule has 0 fully saturated rings. The molecule has 4 rings (SSSR count).